The minimum absolute atomic E-state index is 0.111. The summed E-state index contributed by atoms with van der Waals surface area (Å²) >= 11 is 5.04. The Morgan fingerprint density at radius 2 is 2.35 bits per heavy atom. The van der Waals surface area contributed by atoms with E-state index in [9.17, 15) is 4.79 Å². The molecule has 17 heavy (non-hydrogen) atoms. The van der Waals surface area contributed by atoms with Crippen molar-refractivity contribution in [2.45, 2.75) is 26.3 Å². The second-order valence-corrected chi connectivity index (χ2v) is 6.35. The number of thiophene rings is 1. The molecule has 2 aromatic rings. The molecular formula is C12H13BrN2OS. The molecule has 0 spiro atoms. The van der Waals surface area contributed by atoms with Gasteiger partial charge in [-0.3, -0.25) is 9.36 Å². The quantitative estimate of drug-likeness (QED) is 0.817. The van der Waals surface area contributed by atoms with Crippen molar-refractivity contribution in [3.8, 4) is 0 Å². The molecule has 0 aromatic carbocycles. The standard InChI is InChI=1S/C12H13BrN2OS/c1-8-4-17-10-9(8)14-7-15(11(10)16)6-12(5-13)2-3-12/h4,7H,2-3,5-6H2,1H3. The molecule has 1 saturated carbocycles. The van der Waals surface area contributed by atoms with E-state index in [1.165, 1.54) is 24.2 Å². The zero-order valence-electron chi connectivity index (χ0n) is 9.57. The number of aromatic nitrogens is 2. The van der Waals surface area contributed by atoms with E-state index < -0.39 is 0 Å². The van der Waals surface area contributed by atoms with E-state index in [1.807, 2.05) is 12.3 Å². The summed E-state index contributed by atoms with van der Waals surface area (Å²) in [4.78, 5) is 16.7. The number of hydrogen-bond donors (Lipinski definition) is 0. The van der Waals surface area contributed by atoms with Crippen molar-refractivity contribution in [2.24, 2.45) is 5.41 Å². The van der Waals surface area contributed by atoms with Gasteiger partial charge in [0.1, 0.15) is 4.70 Å². The molecule has 1 aliphatic rings. The van der Waals surface area contributed by atoms with Crippen molar-refractivity contribution in [1.82, 2.24) is 9.55 Å². The summed E-state index contributed by atoms with van der Waals surface area (Å²) in [5.74, 6) is 0. The Hall–Kier alpha value is -0.680. The highest BCUT2D eigenvalue weighted by Crippen LogP contribution is 2.48. The monoisotopic (exact) mass is 312 g/mol. The van der Waals surface area contributed by atoms with E-state index >= 15 is 0 Å². The van der Waals surface area contributed by atoms with Gasteiger partial charge in [0, 0.05) is 11.9 Å². The third kappa shape index (κ3) is 1.85. The van der Waals surface area contributed by atoms with Gasteiger partial charge < -0.3 is 0 Å². The second kappa shape index (κ2) is 3.92. The first-order chi connectivity index (χ1) is 8.15. The summed E-state index contributed by atoms with van der Waals surface area (Å²) in [6.07, 6.45) is 4.10. The van der Waals surface area contributed by atoms with Crippen molar-refractivity contribution < 1.29 is 0 Å². The molecule has 0 atom stereocenters. The predicted molar refractivity (Wildman–Crippen MR) is 74.1 cm³/mol. The van der Waals surface area contributed by atoms with Crippen molar-refractivity contribution in [1.29, 1.82) is 0 Å². The number of fused-ring (bicyclic) bond motifs is 1. The molecule has 90 valence electrons. The van der Waals surface area contributed by atoms with Gasteiger partial charge in [0.15, 0.2) is 0 Å². The predicted octanol–water partition coefficient (Wildman–Crippen LogP) is 2.94. The third-order valence-corrected chi connectivity index (χ3v) is 5.73. The third-order valence-electron chi connectivity index (χ3n) is 3.47. The molecular weight excluding hydrogens is 300 g/mol. The first-order valence-electron chi connectivity index (χ1n) is 5.64. The molecule has 0 radical (unpaired) electrons. The van der Waals surface area contributed by atoms with Crippen LogP contribution in [-0.2, 0) is 6.54 Å². The SMILES string of the molecule is Cc1csc2c(=O)n(CC3(CBr)CC3)cnc12. The Balaban J connectivity index is 2.06. The lowest BCUT2D eigenvalue weighted by Crippen LogP contribution is -2.25. The first-order valence-corrected chi connectivity index (χ1v) is 7.65. The van der Waals surface area contributed by atoms with Crippen LogP contribution in [0.15, 0.2) is 16.5 Å². The van der Waals surface area contributed by atoms with Crippen LogP contribution in [0, 0.1) is 12.3 Å². The van der Waals surface area contributed by atoms with Gasteiger partial charge in [0.2, 0.25) is 0 Å². The van der Waals surface area contributed by atoms with E-state index in [0.717, 1.165) is 27.7 Å². The van der Waals surface area contributed by atoms with Crippen LogP contribution in [0.25, 0.3) is 10.2 Å². The van der Waals surface area contributed by atoms with E-state index in [4.69, 9.17) is 0 Å². The van der Waals surface area contributed by atoms with E-state index in [0.29, 0.717) is 5.41 Å². The van der Waals surface area contributed by atoms with Gasteiger partial charge in [-0.05, 0) is 36.1 Å². The van der Waals surface area contributed by atoms with E-state index in [2.05, 4.69) is 20.9 Å². The molecule has 2 aromatic heterocycles. The van der Waals surface area contributed by atoms with Gasteiger partial charge in [0.25, 0.3) is 5.56 Å². The molecule has 1 aliphatic carbocycles. The summed E-state index contributed by atoms with van der Waals surface area (Å²) < 4.78 is 2.56. The minimum Gasteiger partial charge on any atom is -0.297 e. The van der Waals surface area contributed by atoms with Crippen LogP contribution in [0.4, 0.5) is 0 Å². The lowest BCUT2D eigenvalue weighted by molar-refractivity contribution is 0.464. The van der Waals surface area contributed by atoms with Crippen LogP contribution in [0.1, 0.15) is 18.4 Å². The largest absolute Gasteiger partial charge is 0.297 e. The zero-order valence-corrected chi connectivity index (χ0v) is 12.0. The Morgan fingerprint density at radius 1 is 1.59 bits per heavy atom. The van der Waals surface area contributed by atoms with Crippen LogP contribution in [0.3, 0.4) is 0 Å². The van der Waals surface area contributed by atoms with Crippen molar-refractivity contribution >= 4 is 37.5 Å². The number of alkyl halides is 1. The highest BCUT2D eigenvalue weighted by molar-refractivity contribution is 9.09. The van der Waals surface area contributed by atoms with Gasteiger partial charge >= 0.3 is 0 Å². The summed E-state index contributed by atoms with van der Waals surface area (Å²) in [6.45, 7) is 2.79. The molecule has 0 unspecified atom stereocenters. The van der Waals surface area contributed by atoms with Crippen LogP contribution in [0.2, 0.25) is 0 Å². The summed E-state index contributed by atoms with van der Waals surface area (Å²) in [5.41, 5.74) is 2.36. The number of rotatable bonds is 3. The summed E-state index contributed by atoms with van der Waals surface area (Å²) in [5, 5.41) is 2.97. The smallest absolute Gasteiger partial charge is 0.271 e. The molecule has 2 heterocycles. The van der Waals surface area contributed by atoms with Gasteiger partial charge in [-0.1, -0.05) is 15.9 Å². The molecule has 1 fully saturated rings. The molecule has 0 aliphatic heterocycles. The fourth-order valence-corrected chi connectivity index (χ4v) is 3.73. The van der Waals surface area contributed by atoms with Crippen LogP contribution in [-0.4, -0.2) is 14.9 Å². The Morgan fingerprint density at radius 3 is 3.00 bits per heavy atom. The number of halogens is 1. The van der Waals surface area contributed by atoms with Crippen LogP contribution >= 0.6 is 27.3 Å². The maximum absolute atomic E-state index is 12.3. The van der Waals surface area contributed by atoms with Gasteiger partial charge in [0.05, 0.1) is 11.8 Å². The van der Waals surface area contributed by atoms with E-state index in [-0.39, 0.29) is 5.56 Å². The Kier molecular flexibility index (Phi) is 2.63. The van der Waals surface area contributed by atoms with Crippen LogP contribution in [0.5, 0.6) is 0 Å². The number of nitrogens with zero attached hydrogens (tertiary/aromatic N) is 2. The molecule has 0 bridgehead atoms. The maximum atomic E-state index is 12.3. The average Bonchev–Trinajstić information content (AvgIpc) is 3.01. The average molecular weight is 313 g/mol. The molecule has 5 heteroatoms. The topological polar surface area (TPSA) is 34.9 Å². The lowest BCUT2D eigenvalue weighted by atomic mass is 10.1. The van der Waals surface area contributed by atoms with Gasteiger partial charge in [-0.25, -0.2) is 4.98 Å². The zero-order chi connectivity index (χ0) is 12.0. The van der Waals surface area contributed by atoms with Crippen molar-refractivity contribution in [3.63, 3.8) is 0 Å². The molecule has 0 amide bonds. The van der Waals surface area contributed by atoms with Gasteiger partial charge in [-0.15, -0.1) is 11.3 Å². The van der Waals surface area contributed by atoms with Crippen molar-refractivity contribution in [3.05, 3.63) is 27.6 Å². The summed E-state index contributed by atoms with van der Waals surface area (Å²) in [6, 6.07) is 0. The maximum Gasteiger partial charge on any atom is 0.271 e. The first kappa shape index (κ1) is 11.4. The number of aryl methyl sites for hydroxylation is 1. The highest BCUT2D eigenvalue weighted by Gasteiger charge is 2.42. The summed E-state index contributed by atoms with van der Waals surface area (Å²) in [7, 11) is 0. The Bertz CT molecular complexity index is 627. The normalized spacial score (nSPS) is 17.5. The number of hydrogen-bond acceptors (Lipinski definition) is 3. The fourth-order valence-electron chi connectivity index (χ4n) is 2.05. The molecule has 0 N–H and O–H groups in total. The Labute approximate surface area is 112 Å². The second-order valence-electron chi connectivity index (χ2n) is 4.91. The van der Waals surface area contributed by atoms with Crippen molar-refractivity contribution in [2.75, 3.05) is 5.33 Å². The molecule has 3 nitrogen and oxygen atoms in total. The van der Waals surface area contributed by atoms with Crippen LogP contribution < -0.4 is 5.56 Å². The lowest BCUT2D eigenvalue weighted by Gasteiger charge is -2.12. The molecule has 3 rings (SSSR count). The highest BCUT2D eigenvalue weighted by atomic mass is 79.9. The minimum atomic E-state index is 0.111. The van der Waals surface area contributed by atoms with E-state index in [1.54, 1.807) is 10.9 Å². The van der Waals surface area contributed by atoms with Gasteiger partial charge in [-0.2, -0.15) is 0 Å². The molecule has 0 saturated heterocycles. The fraction of sp³-hybridized carbons (Fsp3) is 0.500.